The van der Waals surface area contributed by atoms with E-state index >= 15 is 0 Å². The lowest BCUT2D eigenvalue weighted by Gasteiger charge is -2.20. The Kier molecular flexibility index (Phi) is 7.22. The largest absolute Gasteiger partial charge is 0.348 e. The lowest BCUT2D eigenvalue weighted by molar-refractivity contribution is -0.121. The highest BCUT2D eigenvalue weighted by Crippen LogP contribution is 2.22. The van der Waals surface area contributed by atoms with Crippen LogP contribution >= 0.6 is 0 Å². The number of ketones is 1. The lowest BCUT2D eigenvalue weighted by Crippen LogP contribution is -2.39. The smallest absolute Gasteiger partial charge is 0.243 e. The first-order chi connectivity index (χ1) is 15.2. The van der Waals surface area contributed by atoms with Crippen molar-refractivity contribution in [1.29, 1.82) is 0 Å². The van der Waals surface area contributed by atoms with Crippen molar-refractivity contribution < 1.29 is 18.0 Å². The van der Waals surface area contributed by atoms with Crippen LogP contribution in [0, 0.1) is 0 Å². The van der Waals surface area contributed by atoms with Crippen molar-refractivity contribution >= 4 is 21.7 Å². The van der Waals surface area contributed by atoms with E-state index in [2.05, 4.69) is 5.32 Å². The number of nitrogens with zero attached hydrogens (tertiary/aromatic N) is 1. The highest BCUT2D eigenvalue weighted by molar-refractivity contribution is 7.89. The predicted octanol–water partition coefficient (Wildman–Crippen LogP) is 4.05. The SMILES string of the molecule is CC(=O)c1ccc(S(=O)(=O)N(C)CC(=O)N[C@@H](C)c2ccc(-c3ccccc3)cc2)cc1. The third-order valence-corrected chi connectivity index (χ3v) is 7.05. The number of carbonyl (C=O) groups is 2. The molecular weight excluding hydrogens is 424 g/mol. The highest BCUT2D eigenvalue weighted by atomic mass is 32.2. The number of rotatable bonds is 8. The molecule has 0 spiro atoms. The molecule has 0 aliphatic carbocycles. The van der Waals surface area contributed by atoms with Crippen molar-refractivity contribution in [2.24, 2.45) is 0 Å². The second kappa shape index (κ2) is 9.89. The van der Waals surface area contributed by atoms with E-state index in [1.807, 2.05) is 61.5 Å². The molecule has 1 N–H and O–H groups in total. The van der Waals surface area contributed by atoms with Gasteiger partial charge in [-0.3, -0.25) is 9.59 Å². The first-order valence-electron chi connectivity index (χ1n) is 10.2. The van der Waals surface area contributed by atoms with Crippen molar-refractivity contribution in [3.05, 3.63) is 90.0 Å². The molecular formula is C25H26N2O4S. The molecule has 1 atom stereocenters. The molecule has 3 rings (SSSR count). The van der Waals surface area contributed by atoms with Gasteiger partial charge in [-0.05, 0) is 42.7 Å². The average Bonchev–Trinajstić information content (AvgIpc) is 2.79. The van der Waals surface area contributed by atoms with Gasteiger partial charge in [-0.1, -0.05) is 66.7 Å². The molecule has 0 radical (unpaired) electrons. The molecule has 0 unspecified atom stereocenters. The maximum absolute atomic E-state index is 12.7. The fraction of sp³-hybridized carbons (Fsp3) is 0.200. The van der Waals surface area contributed by atoms with Crippen molar-refractivity contribution in [3.8, 4) is 11.1 Å². The zero-order valence-corrected chi connectivity index (χ0v) is 19.1. The minimum Gasteiger partial charge on any atom is -0.348 e. The third kappa shape index (κ3) is 5.49. The van der Waals surface area contributed by atoms with Crippen LogP contribution in [0.5, 0.6) is 0 Å². The standard InChI is InChI=1S/C25H26N2O4S/c1-18(20-9-11-23(12-10-20)22-7-5-4-6-8-22)26-25(29)17-27(3)32(30,31)24-15-13-21(14-16-24)19(2)28/h4-16,18H,17H2,1-3H3,(H,26,29)/t18-/m0/s1. The van der Waals surface area contributed by atoms with E-state index in [-0.39, 0.29) is 23.3 Å². The molecule has 6 nitrogen and oxygen atoms in total. The number of Topliss-reactive ketones (excluding diaryl/α,β-unsaturated/α-hetero) is 1. The minimum absolute atomic E-state index is 0.0300. The molecule has 1 amide bonds. The molecule has 166 valence electrons. The maximum atomic E-state index is 12.7. The summed E-state index contributed by atoms with van der Waals surface area (Å²) in [5.74, 6) is -0.552. The van der Waals surface area contributed by atoms with Crippen molar-refractivity contribution in [1.82, 2.24) is 9.62 Å². The normalized spacial score (nSPS) is 12.4. The maximum Gasteiger partial charge on any atom is 0.243 e. The topological polar surface area (TPSA) is 83.6 Å². The molecule has 32 heavy (non-hydrogen) atoms. The van der Waals surface area contributed by atoms with Gasteiger partial charge in [0, 0.05) is 12.6 Å². The summed E-state index contributed by atoms with van der Waals surface area (Å²) in [6, 6.07) is 23.3. The summed E-state index contributed by atoms with van der Waals surface area (Å²) >= 11 is 0. The fourth-order valence-electron chi connectivity index (χ4n) is 3.29. The van der Waals surface area contributed by atoms with Gasteiger partial charge in [-0.25, -0.2) is 8.42 Å². The van der Waals surface area contributed by atoms with Crippen LogP contribution in [0.25, 0.3) is 11.1 Å². The van der Waals surface area contributed by atoms with Gasteiger partial charge in [0.25, 0.3) is 0 Å². The van der Waals surface area contributed by atoms with Crippen LogP contribution in [0.1, 0.15) is 35.8 Å². The first kappa shape index (κ1) is 23.4. The summed E-state index contributed by atoms with van der Waals surface area (Å²) in [5.41, 5.74) is 3.54. The van der Waals surface area contributed by atoms with Gasteiger partial charge in [-0.15, -0.1) is 0 Å². The van der Waals surface area contributed by atoms with Crippen LogP contribution in [0.2, 0.25) is 0 Å². The fourth-order valence-corrected chi connectivity index (χ4v) is 4.42. The Morgan fingerprint density at radius 1 is 0.875 bits per heavy atom. The van der Waals surface area contributed by atoms with E-state index in [4.69, 9.17) is 0 Å². The molecule has 7 heteroatoms. The second-order valence-electron chi connectivity index (χ2n) is 7.62. The second-order valence-corrected chi connectivity index (χ2v) is 9.66. The van der Waals surface area contributed by atoms with E-state index in [0.717, 1.165) is 21.0 Å². The Hall–Kier alpha value is -3.29. The van der Waals surface area contributed by atoms with E-state index < -0.39 is 15.9 Å². The van der Waals surface area contributed by atoms with Gasteiger partial charge in [0.05, 0.1) is 17.5 Å². The summed E-state index contributed by atoms with van der Waals surface area (Å²) in [4.78, 5) is 23.9. The number of hydrogen-bond donors (Lipinski definition) is 1. The summed E-state index contributed by atoms with van der Waals surface area (Å²) in [7, 11) is -2.50. The van der Waals surface area contributed by atoms with E-state index in [1.54, 1.807) is 0 Å². The van der Waals surface area contributed by atoms with Gasteiger partial charge >= 0.3 is 0 Å². The Morgan fingerprint density at radius 3 is 2.00 bits per heavy atom. The van der Waals surface area contributed by atoms with Crippen LogP contribution in [0.4, 0.5) is 0 Å². The van der Waals surface area contributed by atoms with Crippen molar-refractivity contribution in [2.75, 3.05) is 13.6 Å². The zero-order valence-electron chi connectivity index (χ0n) is 18.3. The molecule has 0 saturated carbocycles. The number of benzene rings is 3. The summed E-state index contributed by atoms with van der Waals surface area (Å²) in [5, 5.41) is 2.84. The van der Waals surface area contributed by atoms with Gasteiger partial charge in [0.2, 0.25) is 15.9 Å². The molecule has 0 heterocycles. The molecule has 0 saturated heterocycles. The summed E-state index contributed by atoms with van der Waals surface area (Å²) in [6.45, 7) is 2.95. The monoisotopic (exact) mass is 450 g/mol. The molecule has 0 fully saturated rings. The lowest BCUT2D eigenvalue weighted by atomic mass is 10.0. The van der Waals surface area contributed by atoms with Crippen molar-refractivity contribution in [2.45, 2.75) is 24.8 Å². The van der Waals surface area contributed by atoms with Crippen molar-refractivity contribution in [3.63, 3.8) is 0 Å². The third-order valence-electron chi connectivity index (χ3n) is 5.23. The molecule has 0 aliphatic rings. The zero-order chi connectivity index (χ0) is 23.3. The van der Waals surface area contributed by atoms with Gasteiger partial charge in [0.1, 0.15) is 0 Å². The minimum atomic E-state index is -3.85. The Labute approximate surface area is 188 Å². The Bertz CT molecular complexity index is 1190. The Balaban J connectivity index is 1.62. The highest BCUT2D eigenvalue weighted by Gasteiger charge is 2.23. The number of likely N-dealkylation sites (N-methyl/N-ethyl adjacent to an activating group) is 1. The van der Waals surface area contributed by atoms with Gasteiger partial charge in [-0.2, -0.15) is 4.31 Å². The molecule has 0 aromatic heterocycles. The first-order valence-corrected chi connectivity index (χ1v) is 11.6. The number of carbonyl (C=O) groups excluding carboxylic acids is 2. The summed E-state index contributed by atoms with van der Waals surface area (Å²) in [6.07, 6.45) is 0. The number of nitrogens with one attached hydrogen (secondary N) is 1. The van der Waals surface area contributed by atoms with Crippen LogP contribution in [-0.2, 0) is 14.8 Å². The average molecular weight is 451 g/mol. The van der Waals surface area contributed by atoms with E-state index in [0.29, 0.717) is 5.56 Å². The number of hydrogen-bond acceptors (Lipinski definition) is 4. The van der Waals surface area contributed by atoms with E-state index in [9.17, 15) is 18.0 Å². The molecule has 3 aromatic carbocycles. The Morgan fingerprint density at radius 2 is 1.44 bits per heavy atom. The van der Waals surface area contributed by atoms with Crippen LogP contribution in [0.3, 0.4) is 0 Å². The number of sulfonamides is 1. The molecule has 0 aliphatic heterocycles. The summed E-state index contributed by atoms with van der Waals surface area (Å²) < 4.78 is 26.5. The van der Waals surface area contributed by atoms with Crippen LogP contribution < -0.4 is 5.32 Å². The van der Waals surface area contributed by atoms with Gasteiger partial charge in [0.15, 0.2) is 5.78 Å². The van der Waals surface area contributed by atoms with Crippen LogP contribution in [-0.4, -0.2) is 38.0 Å². The van der Waals surface area contributed by atoms with E-state index in [1.165, 1.54) is 38.2 Å². The molecule has 0 bridgehead atoms. The quantitative estimate of drug-likeness (QED) is 0.525. The van der Waals surface area contributed by atoms with Crippen LogP contribution in [0.15, 0.2) is 83.8 Å². The van der Waals surface area contributed by atoms with Gasteiger partial charge < -0.3 is 5.32 Å². The molecule has 3 aromatic rings. The number of amides is 1. The predicted molar refractivity (Wildman–Crippen MR) is 125 cm³/mol.